The van der Waals surface area contributed by atoms with E-state index in [-0.39, 0.29) is 0 Å². The van der Waals surface area contributed by atoms with Crippen molar-refractivity contribution in [3.8, 4) is 0 Å². The summed E-state index contributed by atoms with van der Waals surface area (Å²) in [5.41, 5.74) is 7.69. The predicted octanol–water partition coefficient (Wildman–Crippen LogP) is 10.3. The predicted molar refractivity (Wildman–Crippen MR) is 144 cm³/mol. The fourth-order valence-corrected chi connectivity index (χ4v) is 3.52. The molecule has 0 spiro atoms. The van der Waals surface area contributed by atoms with Crippen molar-refractivity contribution in [2.75, 3.05) is 4.90 Å². The maximum atomic E-state index is 2.35. The number of rotatable bonds is 8. The van der Waals surface area contributed by atoms with Crippen LogP contribution in [0.4, 0.5) is 17.1 Å². The molecule has 2 atom stereocenters. The zero-order valence-electron chi connectivity index (χ0n) is 21.4. The number of hydrogen-bond acceptors (Lipinski definition) is 1. The number of unbranched alkanes of at least 4 members (excludes halogenated alkanes) is 1. The summed E-state index contributed by atoms with van der Waals surface area (Å²) in [5, 5.41) is 0. The first-order chi connectivity index (χ1) is 15.4. The minimum Gasteiger partial charge on any atom is -0.311 e. The van der Waals surface area contributed by atoms with Gasteiger partial charge in [0, 0.05) is 17.1 Å². The van der Waals surface area contributed by atoms with E-state index < -0.39 is 0 Å². The molecule has 0 fully saturated rings. The second kappa shape index (κ2) is 13.1. The van der Waals surface area contributed by atoms with Crippen LogP contribution >= 0.6 is 0 Å². The molecular weight excluding hydrogens is 386 g/mol. The lowest BCUT2D eigenvalue weighted by Crippen LogP contribution is -2.10. The Hall–Kier alpha value is -2.54. The molecule has 0 bridgehead atoms. The number of benzene rings is 3. The maximum Gasteiger partial charge on any atom is 0.0461 e. The van der Waals surface area contributed by atoms with Crippen molar-refractivity contribution in [1.82, 2.24) is 0 Å². The van der Waals surface area contributed by atoms with Crippen LogP contribution in [0.25, 0.3) is 0 Å². The van der Waals surface area contributed by atoms with Crippen LogP contribution in [-0.2, 0) is 0 Å². The lowest BCUT2D eigenvalue weighted by atomic mass is 9.97. The van der Waals surface area contributed by atoms with E-state index in [0.717, 1.165) is 12.8 Å². The third-order valence-electron chi connectivity index (χ3n) is 6.46. The molecule has 0 aliphatic rings. The zero-order chi connectivity index (χ0) is 23.5. The summed E-state index contributed by atoms with van der Waals surface area (Å²) in [5.74, 6) is 1.19. The Kier molecular flexibility index (Phi) is 10.5. The van der Waals surface area contributed by atoms with Gasteiger partial charge in [-0.05, 0) is 79.1 Å². The molecule has 0 radical (unpaired) electrons. The summed E-state index contributed by atoms with van der Waals surface area (Å²) >= 11 is 0. The van der Waals surface area contributed by atoms with Crippen LogP contribution in [0.1, 0.15) is 95.8 Å². The van der Waals surface area contributed by atoms with Crippen LogP contribution in [0.2, 0.25) is 0 Å². The topological polar surface area (TPSA) is 3.24 Å². The average Bonchev–Trinajstić information content (AvgIpc) is 2.85. The van der Waals surface area contributed by atoms with Crippen molar-refractivity contribution >= 4 is 17.1 Å². The van der Waals surface area contributed by atoms with Gasteiger partial charge >= 0.3 is 0 Å². The number of nitrogens with zero attached hydrogens (tertiary/aromatic N) is 1. The molecule has 1 nitrogen and oxygen atoms in total. The summed E-state index contributed by atoms with van der Waals surface area (Å²) in [6.07, 6.45) is 4.97. The lowest BCUT2D eigenvalue weighted by molar-refractivity contribution is 0.733. The van der Waals surface area contributed by atoms with Crippen LogP contribution in [0.15, 0.2) is 72.8 Å². The Labute approximate surface area is 197 Å². The van der Waals surface area contributed by atoms with Gasteiger partial charge in [-0.2, -0.15) is 0 Å². The Morgan fingerprint density at radius 1 is 0.531 bits per heavy atom. The van der Waals surface area contributed by atoms with Crippen LogP contribution in [0.5, 0.6) is 0 Å². The number of anilines is 3. The van der Waals surface area contributed by atoms with Gasteiger partial charge in [0.25, 0.3) is 0 Å². The normalized spacial score (nSPS) is 12.5. The third kappa shape index (κ3) is 6.99. The third-order valence-corrected chi connectivity index (χ3v) is 6.46. The van der Waals surface area contributed by atoms with E-state index in [0.29, 0.717) is 11.8 Å². The van der Waals surface area contributed by atoms with Crippen molar-refractivity contribution in [1.29, 1.82) is 0 Å². The summed E-state index contributed by atoms with van der Waals surface area (Å²) in [6.45, 7) is 15.6. The van der Waals surface area contributed by atoms with Gasteiger partial charge in [-0.3, -0.25) is 0 Å². The van der Waals surface area contributed by atoms with Gasteiger partial charge in [0.05, 0.1) is 0 Å². The standard InChI is InChI=1S/C27H33N.C4H10/c1-6-21(4)23-10-16-26(17-11-23)28(25-14-8-20(3)9-15-25)27-18-12-24(13-19-27)22(5)7-2;1-3-4-2/h8-19,21-22H,6-7H2,1-5H3;3-4H2,1-2H3. The molecule has 0 aromatic heterocycles. The Morgan fingerprint density at radius 2 is 0.844 bits per heavy atom. The summed E-state index contributed by atoms with van der Waals surface area (Å²) in [6, 6.07) is 26.9. The molecule has 2 unspecified atom stereocenters. The molecule has 0 saturated carbocycles. The van der Waals surface area contributed by atoms with Crippen molar-refractivity contribution in [3.63, 3.8) is 0 Å². The summed E-state index contributed by atoms with van der Waals surface area (Å²) < 4.78 is 0. The largest absolute Gasteiger partial charge is 0.311 e. The van der Waals surface area contributed by atoms with Crippen LogP contribution in [0.3, 0.4) is 0 Å². The Bertz CT molecular complexity index is 835. The van der Waals surface area contributed by atoms with Gasteiger partial charge in [-0.15, -0.1) is 0 Å². The molecule has 172 valence electrons. The molecule has 32 heavy (non-hydrogen) atoms. The van der Waals surface area contributed by atoms with E-state index >= 15 is 0 Å². The van der Waals surface area contributed by atoms with Gasteiger partial charge in [0.2, 0.25) is 0 Å². The van der Waals surface area contributed by atoms with E-state index in [1.54, 1.807) is 0 Å². The smallest absolute Gasteiger partial charge is 0.0461 e. The van der Waals surface area contributed by atoms with E-state index in [1.165, 1.54) is 46.6 Å². The summed E-state index contributed by atoms with van der Waals surface area (Å²) in [4.78, 5) is 2.35. The number of aryl methyl sites for hydroxylation is 1. The molecule has 0 aliphatic carbocycles. The van der Waals surface area contributed by atoms with Crippen molar-refractivity contribution in [2.24, 2.45) is 0 Å². The van der Waals surface area contributed by atoms with Gasteiger partial charge in [-0.25, -0.2) is 0 Å². The van der Waals surface area contributed by atoms with E-state index in [9.17, 15) is 0 Å². The maximum absolute atomic E-state index is 2.35. The van der Waals surface area contributed by atoms with Crippen LogP contribution < -0.4 is 4.90 Å². The lowest BCUT2D eigenvalue weighted by Gasteiger charge is -2.26. The Balaban J connectivity index is 0.000000837. The van der Waals surface area contributed by atoms with Crippen molar-refractivity contribution < 1.29 is 0 Å². The first kappa shape index (κ1) is 25.7. The fraction of sp³-hybridized carbons (Fsp3) is 0.419. The molecule has 0 N–H and O–H groups in total. The van der Waals surface area contributed by atoms with Crippen molar-refractivity contribution in [2.45, 2.75) is 86.0 Å². The highest BCUT2D eigenvalue weighted by Crippen LogP contribution is 2.36. The van der Waals surface area contributed by atoms with E-state index in [2.05, 4.69) is 126 Å². The SMILES string of the molecule is CCC(C)c1ccc(N(c2ccc(C)cc2)c2ccc(C(C)CC)cc2)cc1.CCCC. The molecule has 0 aliphatic heterocycles. The van der Waals surface area contributed by atoms with Gasteiger partial charge in [0.1, 0.15) is 0 Å². The van der Waals surface area contributed by atoms with Crippen molar-refractivity contribution in [3.05, 3.63) is 89.5 Å². The zero-order valence-corrected chi connectivity index (χ0v) is 21.4. The van der Waals surface area contributed by atoms with Gasteiger partial charge in [-0.1, -0.05) is 96.3 Å². The molecule has 3 aromatic rings. The van der Waals surface area contributed by atoms with E-state index in [1.807, 2.05) is 0 Å². The highest BCUT2D eigenvalue weighted by Gasteiger charge is 2.14. The van der Waals surface area contributed by atoms with E-state index in [4.69, 9.17) is 0 Å². The Morgan fingerprint density at radius 3 is 1.12 bits per heavy atom. The fourth-order valence-electron chi connectivity index (χ4n) is 3.52. The molecule has 3 rings (SSSR count). The molecule has 1 heteroatoms. The molecule has 0 saturated heterocycles. The monoisotopic (exact) mass is 429 g/mol. The first-order valence-electron chi connectivity index (χ1n) is 12.5. The second-order valence-corrected chi connectivity index (χ2v) is 8.97. The molecule has 3 aromatic carbocycles. The van der Waals surface area contributed by atoms with Gasteiger partial charge in [0.15, 0.2) is 0 Å². The van der Waals surface area contributed by atoms with Crippen LogP contribution in [-0.4, -0.2) is 0 Å². The minimum atomic E-state index is 0.594. The quantitative estimate of drug-likeness (QED) is 0.344. The molecule has 0 amide bonds. The second-order valence-electron chi connectivity index (χ2n) is 8.97. The minimum absolute atomic E-state index is 0.594. The molecular formula is C31H43N. The number of hydrogen-bond donors (Lipinski definition) is 0. The highest BCUT2D eigenvalue weighted by atomic mass is 15.1. The highest BCUT2D eigenvalue weighted by molar-refractivity contribution is 5.76. The average molecular weight is 430 g/mol. The molecule has 0 heterocycles. The van der Waals surface area contributed by atoms with Crippen LogP contribution in [0, 0.1) is 6.92 Å². The first-order valence-corrected chi connectivity index (χ1v) is 12.5. The van der Waals surface area contributed by atoms with Gasteiger partial charge < -0.3 is 4.90 Å². The summed E-state index contributed by atoms with van der Waals surface area (Å²) in [7, 11) is 0.